The summed E-state index contributed by atoms with van der Waals surface area (Å²) in [5, 5.41) is 9.80. The van der Waals surface area contributed by atoms with E-state index in [4.69, 9.17) is 27.9 Å². The van der Waals surface area contributed by atoms with Crippen LogP contribution in [-0.4, -0.2) is 32.9 Å². The van der Waals surface area contributed by atoms with Crippen molar-refractivity contribution in [2.45, 2.75) is 19.8 Å². The fourth-order valence-corrected chi connectivity index (χ4v) is 3.45. The van der Waals surface area contributed by atoms with Gasteiger partial charge in [0.1, 0.15) is 5.75 Å². The molecule has 144 valence electrons. The quantitative estimate of drug-likeness (QED) is 0.377. The van der Waals surface area contributed by atoms with E-state index < -0.39 is 0 Å². The minimum Gasteiger partial charge on any atom is -0.494 e. The van der Waals surface area contributed by atoms with Gasteiger partial charge >= 0.3 is 0 Å². The molecule has 0 aliphatic rings. The van der Waals surface area contributed by atoms with E-state index in [0.717, 1.165) is 16.7 Å². The number of nitrogens with zero attached hydrogens (tertiary/aromatic N) is 4. The number of benzene rings is 2. The van der Waals surface area contributed by atoms with Crippen molar-refractivity contribution in [2.75, 3.05) is 13.3 Å². The van der Waals surface area contributed by atoms with E-state index in [-0.39, 0.29) is 6.67 Å². The number of aryl methyl sites for hydroxylation is 1. The largest absolute Gasteiger partial charge is 0.494 e. The summed E-state index contributed by atoms with van der Waals surface area (Å²) < 4.78 is 19.9. The van der Waals surface area contributed by atoms with Gasteiger partial charge in [-0.05, 0) is 56.2 Å². The Morgan fingerprint density at radius 3 is 2.75 bits per heavy atom. The van der Waals surface area contributed by atoms with Gasteiger partial charge in [0.2, 0.25) is 0 Å². The van der Waals surface area contributed by atoms with Gasteiger partial charge < -0.3 is 4.74 Å². The third-order valence-electron chi connectivity index (χ3n) is 4.43. The zero-order chi connectivity index (χ0) is 19.7. The van der Waals surface area contributed by atoms with Crippen molar-refractivity contribution in [3.8, 4) is 17.1 Å². The monoisotopic (exact) mass is 418 g/mol. The molecule has 0 fully saturated rings. The van der Waals surface area contributed by atoms with Crippen molar-refractivity contribution in [2.24, 2.45) is 0 Å². The van der Waals surface area contributed by atoms with Crippen molar-refractivity contribution in [1.82, 2.24) is 19.6 Å². The van der Waals surface area contributed by atoms with Crippen LogP contribution < -0.4 is 4.74 Å². The predicted molar refractivity (Wildman–Crippen MR) is 109 cm³/mol. The molecule has 0 saturated carbocycles. The molecular weight excluding hydrogens is 402 g/mol. The second-order valence-corrected chi connectivity index (χ2v) is 7.24. The van der Waals surface area contributed by atoms with Crippen LogP contribution in [0.5, 0.6) is 5.75 Å². The van der Waals surface area contributed by atoms with Crippen LogP contribution in [0.1, 0.15) is 18.5 Å². The van der Waals surface area contributed by atoms with Crippen LogP contribution in [0.15, 0.2) is 36.4 Å². The number of aromatic nitrogens is 4. The maximum absolute atomic E-state index is 12.3. The molecular formula is C20H17Cl2FN4O. The number of fused-ring (bicyclic) bond motifs is 3. The summed E-state index contributed by atoms with van der Waals surface area (Å²) in [7, 11) is 0. The summed E-state index contributed by atoms with van der Waals surface area (Å²) in [5.74, 6) is 1.24. The van der Waals surface area contributed by atoms with E-state index in [2.05, 4.69) is 15.2 Å². The lowest BCUT2D eigenvalue weighted by molar-refractivity contribution is 0.297. The number of ether oxygens (including phenoxy) is 1. The predicted octanol–water partition coefficient (Wildman–Crippen LogP) is 5.69. The normalized spacial score (nSPS) is 11.4. The van der Waals surface area contributed by atoms with E-state index in [9.17, 15) is 4.39 Å². The third-order valence-corrected chi connectivity index (χ3v) is 4.99. The molecule has 28 heavy (non-hydrogen) atoms. The number of rotatable bonds is 6. The summed E-state index contributed by atoms with van der Waals surface area (Å²) in [6.45, 7) is 1.97. The Bertz CT molecular complexity index is 1160. The molecule has 0 saturated heterocycles. The molecule has 8 heteroatoms. The smallest absolute Gasteiger partial charge is 0.183 e. The Morgan fingerprint density at radius 1 is 1.07 bits per heavy atom. The van der Waals surface area contributed by atoms with Gasteiger partial charge in [0.25, 0.3) is 0 Å². The molecule has 4 rings (SSSR count). The average Bonchev–Trinajstić information content (AvgIpc) is 3.12. The minimum atomic E-state index is -0.342. The van der Waals surface area contributed by atoms with Crippen LogP contribution in [-0.2, 0) is 0 Å². The minimum absolute atomic E-state index is 0.342. The third kappa shape index (κ3) is 3.50. The molecule has 2 aromatic carbocycles. The van der Waals surface area contributed by atoms with E-state index in [1.54, 1.807) is 24.3 Å². The zero-order valence-corrected chi connectivity index (χ0v) is 16.6. The number of alkyl halides is 1. The molecule has 4 aromatic rings. The Balaban J connectivity index is 1.84. The summed E-state index contributed by atoms with van der Waals surface area (Å²) in [6, 6.07) is 10.9. The maximum atomic E-state index is 12.3. The van der Waals surface area contributed by atoms with Gasteiger partial charge in [0.05, 0.1) is 35.0 Å². The highest BCUT2D eigenvalue weighted by atomic mass is 35.5. The van der Waals surface area contributed by atoms with Gasteiger partial charge in [0.15, 0.2) is 11.5 Å². The lowest BCUT2D eigenvalue weighted by Crippen LogP contribution is -2.00. The first-order chi connectivity index (χ1) is 13.6. The van der Waals surface area contributed by atoms with Gasteiger partial charge in [-0.25, -0.2) is 4.98 Å². The summed E-state index contributed by atoms with van der Waals surface area (Å²) >= 11 is 12.6. The lowest BCUT2D eigenvalue weighted by Gasteiger charge is -2.10. The molecule has 0 spiro atoms. The van der Waals surface area contributed by atoms with Gasteiger partial charge in [-0.3, -0.25) is 8.79 Å². The highest BCUT2D eigenvalue weighted by molar-refractivity contribution is 6.33. The highest BCUT2D eigenvalue weighted by Crippen LogP contribution is 2.33. The Hall–Kier alpha value is -2.44. The fourth-order valence-electron chi connectivity index (χ4n) is 3.08. The van der Waals surface area contributed by atoms with Crippen LogP contribution in [0.3, 0.4) is 0 Å². The van der Waals surface area contributed by atoms with Crippen LogP contribution in [0.2, 0.25) is 10.0 Å². The van der Waals surface area contributed by atoms with Gasteiger partial charge in [-0.2, -0.15) is 0 Å². The van der Waals surface area contributed by atoms with Crippen molar-refractivity contribution >= 4 is 39.9 Å². The standard InChI is InChI=1S/C20H17Cl2FN4O/c1-12-19-25-26-20(27(19)18-7-4-13(21)10-17(18)24-12)15-11-14(5-6-16(15)22)28-9-3-2-8-23/h4-7,10-11H,2-3,8-9H2,1H3. The number of hydrogen-bond donors (Lipinski definition) is 0. The van der Waals surface area contributed by atoms with E-state index in [1.807, 2.05) is 23.5 Å². The molecule has 5 nitrogen and oxygen atoms in total. The number of halogens is 3. The zero-order valence-electron chi connectivity index (χ0n) is 15.1. The van der Waals surface area contributed by atoms with Crippen molar-refractivity contribution in [1.29, 1.82) is 0 Å². The molecule has 0 bridgehead atoms. The summed E-state index contributed by atoms with van der Waals surface area (Å²) in [4.78, 5) is 4.57. The number of unbranched alkanes of at least 4 members (excludes halogenated alkanes) is 1. The summed E-state index contributed by atoms with van der Waals surface area (Å²) in [5.41, 5.74) is 3.65. The average molecular weight is 419 g/mol. The first kappa shape index (κ1) is 18.9. The second-order valence-electron chi connectivity index (χ2n) is 6.40. The Labute approximate surface area is 171 Å². The van der Waals surface area contributed by atoms with Crippen LogP contribution >= 0.6 is 23.2 Å². The van der Waals surface area contributed by atoms with E-state index in [1.165, 1.54) is 0 Å². The van der Waals surface area contributed by atoms with Gasteiger partial charge in [-0.15, -0.1) is 10.2 Å². The molecule has 2 aromatic heterocycles. The van der Waals surface area contributed by atoms with E-state index >= 15 is 0 Å². The van der Waals surface area contributed by atoms with Crippen LogP contribution in [0.4, 0.5) is 4.39 Å². The van der Waals surface area contributed by atoms with Crippen molar-refractivity contribution in [3.05, 3.63) is 52.1 Å². The van der Waals surface area contributed by atoms with Crippen molar-refractivity contribution < 1.29 is 9.13 Å². The molecule has 0 N–H and O–H groups in total. The summed E-state index contributed by atoms with van der Waals surface area (Å²) in [6.07, 6.45) is 1.13. The molecule has 0 radical (unpaired) electrons. The molecule has 0 amide bonds. The van der Waals surface area contributed by atoms with Crippen LogP contribution in [0, 0.1) is 6.92 Å². The molecule has 0 atom stereocenters. The first-order valence-electron chi connectivity index (χ1n) is 8.88. The topological polar surface area (TPSA) is 52.3 Å². The van der Waals surface area contributed by atoms with Gasteiger partial charge in [-0.1, -0.05) is 23.2 Å². The van der Waals surface area contributed by atoms with Crippen LogP contribution in [0.25, 0.3) is 28.1 Å². The highest BCUT2D eigenvalue weighted by Gasteiger charge is 2.17. The van der Waals surface area contributed by atoms with Gasteiger partial charge in [0, 0.05) is 10.6 Å². The Morgan fingerprint density at radius 2 is 1.93 bits per heavy atom. The molecule has 0 aliphatic carbocycles. The van der Waals surface area contributed by atoms with E-state index in [0.29, 0.717) is 52.3 Å². The molecule has 2 heterocycles. The SMILES string of the molecule is Cc1nc2cc(Cl)ccc2n2c(-c3cc(OCCCCF)ccc3Cl)nnc12. The molecule has 0 aliphatic heterocycles. The Kier molecular flexibility index (Phi) is 5.33. The number of hydrogen-bond acceptors (Lipinski definition) is 4. The fraction of sp³-hybridized carbons (Fsp3) is 0.250. The second kappa shape index (κ2) is 7.89. The van der Waals surface area contributed by atoms with Crippen molar-refractivity contribution in [3.63, 3.8) is 0 Å². The maximum Gasteiger partial charge on any atom is 0.183 e. The molecule has 0 unspecified atom stereocenters. The first-order valence-corrected chi connectivity index (χ1v) is 9.64. The lowest BCUT2D eigenvalue weighted by atomic mass is 10.2.